The van der Waals surface area contributed by atoms with Crippen molar-refractivity contribution >= 4 is 24.2 Å². The van der Waals surface area contributed by atoms with Crippen molar-refractivity contribution in [2.24, 2.45) is 0 Å². The van der Waals surface area contributed by atoms with E-state index in [1.165, 1.54) is 12.1 Å². The number of halogens is 2. The minimum Gasteiger partial charge on any atom is -0.483 e. The summed E-state index contributed by atoms with van der Waals surface area (Å²) >= 11 is 0. The molecular formula is C19H22ClFN2O4. The maximum Gasteiger partial charge on any atom is 0.412 e. The van der Waals surface area contributed by atoms with Crippen molar-refractivity contribution in [1.29, 1.82) is 0 Å². The summed E-state index contributed by atoms with van der Waals surface area (Å²) in [5, 5.41) is 5.54. The lowest BCUT2D eigenvalue weighted by atomic mass is 10.2. The average Bonchev–Trinajstić information content (AvgIpc) is 3.11. The highest BCUT2D eigenvalue weighted by Gasteiger charge is 2.29. The van der Waals surface area contributed by atoms with Gasteiger partial charge in [0.2, 0.25) is 0 Å². The molecule has 2 aromatic rings. The van der Waals surface area contributed by atoms with Crippen LogP contribution in [-0.4, -0.2) is 38.5 Å². The number of nitrogens with one attached hydrogen (secondary N) is 2. The maximum absolute atomic E-state index is 14.6. The van der Waals surface area contributed by atoms with E-state index in [1.54, 1.807) is 13.2 Å². The second-order valence-electron chi connectivity index (χ2n) is 5.89. The van der Waals surface area contributed by atoms with Crippen LogP contribution < -0.4 is 15.4 Å². The van der Waals surface area contributed by atoms with Crippen LogP contribution in [0.25, 0.3) is 0 Å². The minimum absolute atomic E-state index is 0. The van der Waals surface area contributed by atoms with E-state index in [-0.39, 0.29) is 42.7 Å². The summed E-state index contributed by atoms with van der Waals surface area (Å²) in [6, 6.07) is 13.8. The lowest BCUT2D eigenvalue weighted by Gasteiger charge is -2.20. The predicted octanol–water partition coefficient (Wildman–Crippen LogP) is 3.36. The zero-order valence-corrected chi connectivity index (χ0v) is 15.6. The Hall–Kier alpha value is -2.35. The Balaban J connectivity index is 0.00000261. The SMILES string of the molecule is CO[C@@H]1CNC[C@H]1Oc1cccc(NC(=O)OCc2ccccc2)c1F.Cl. The summed E-state index contributed by atoms with van der Waals surface area (Å²) in [7, 11) is 1.59. The van der Waals surface area contributed by atoms with Crippen molar-refractivity contribution in [1.82, 2.24) is 5.32 Å². The van der Waals surface area contributed by atoms with Crippen LogP contribution in [-0.2, 0) is 16.1 Å². The maximum atomic E-state index is 14.6. The molecule has 0 aliphatic carbocycles. The summed E-state index contributed by atoms with van der Waals surface area (Å²) in [4.78, 5) is 11.9. The summed E-state index contributed by atoms with van der Waals surface area (Å²) < 4.78 is 30.7. The van der Waals surface area contributed by atoms with E-state index in [2.05, 4.69) is 10.6 Å². The number of carbonyl (C=O) groups excluding carboxylic acids is 1. The lowest BCUT2D eigenvalue weighted by molar-refractivity contribution is 0.0329. The number of methoxy groups -OCH3 is 1. The van der Waals surface area contributed by atoms with E-state index in [4.69, 9.17) is 14.2 Å². The van der Waals surface area contributed by atoms with Crippen LogP contribution in [0.15, 0.2) is 48.5 Å². The van der Waals surface area contributed by atoms with Crippen LogP contribution in [0.3, 0.4) is 0 Å². The van der Waals surface area contributed by atoms with Crippen molar-refractivity contribution in [3.63, 3.8) is 0 Å². The molecule has 146 valence electrons. The largest absolute Gasteiger partial charge is 0.483 e. The first kappa shape index (κ1) is 21.0. The minimum atomic E-state index is -0.734. The van der Waals surface area contributed by atoms with E-state index in [0.717, 1.165) is 5.56 Å². The Bertz CT molecular complexity index is 748. The smallest absolute Gasteiger partial charge is 0.412 e. The molecule has 8 heteroatoms. The fourth-order valence-corrected chi connectivity index (χ4v) is 2.71. The Morgan fingerprint density at radius 3 is 2.63 bits per heavy atom. The fourth-order valence-electron chi connectivity index (χ4n) is 2.71. The van der Waals surface area contributed by atoms with Gasteiger partial charge >= 0.3 is 6.09 Å². The monoisotopic (exact) mass is 396 g/mol. The van der Waals surface area contributed by atoms with Crippen molar-refractivity contribution in [2.75, 3.05) is 25.5 Å². The zero-order valence-electron chi connectivity index (χ0n) is 14.8. The molecule has 2 N–H and O–H groups in total. The van der Waals surface area contributed by atoms with Gasteiger partial charge in [0.25, 0.3) is 0 Å². The lowest BCUT2D eigenvalue weighted by Crippen LogP contribution is -2.32. The molecule has 0 spiro atoms. The summed E-state index contributed by atoms with van der Waals surface area (Å²) in [6.45, 7) is 1.31. The molecule has 1 heterocycles. The molecule has 0 saturated carbocycles. The van der Waals surface area contributed by atoms with Crippen LogP contribution in [0, 0.1) is 5.82 Å². The van der Waals surface area contributed by atoms with Crippen LogP contribution in [0.5, 0.6) is 5.75 Å². The molecule has 27 heavy (non-hydrogen) atoms. The standard InChI is InChI=1S/C19H21FN2O4.ClH/c1-24-16-10-21-11-17(16)26-15-9-5-8-14(18(15)20)22-19(23)25-12-13-6-3-2-4-7-13;/h2-9,16-17,21H,10-12H2,1H3,(H,22,23);1H/t16-,17-;/m1./s1. The molecular weight excluding hydrogens is 375 g/mol. The first-order chi connectivity index (χ1) is 12.7. The van der Waals surface area contributed by atoms with Crippen molar-refractivity contribution in [3.05, 3.63) is 59.9 Å². The number of benzene rings is 2. The van der Waals surface area contributed by atoms with Crippen LogP contribution in [0.4, 0.5) is 14.9 Å². The van der Waals surface area contributed by atoms with Crippen LogP contribution in [0.2, 0.25) is 0 Å². The highest BCUT2D eigenvalue weighted by Crippen LogP contribution is 2.26. The van der Waals surface area contributed by atoms with E-state index >= 15 is 0 Å². The fraction of sp³-hybridized carbons (Fsp3) is 0.316. The molecule has 2 aromatic carbocycles. The van der Waals surface area contributed by atoms with Gasteiger partial charge in [-0.05, 0) is 17.7 Å². The Kier molecular flexibility index (Phi) is 7.84. The topological polar surface area (TPSA) is 68.8 Å². The number of amides is 1. The molecule has 1 fully saturated rings. The summed E-state index contributed by atoms with van der Waals surface area (Å²) in [6.07, 6.45) is -1.18. The highest BCUT2D eigenvalue weighted by atomic mass is 35.5. The molecule has 0 radical (unpaired) electrons. The second kappa shape index (κ2) is 10.1. The van der Waals surface area contributed by atoms with Gasteiger partial charge in [0, 0.05) is 20.2 Å². The van der Waals surface area contributed by atoms with Gasteiger partial charge < -0.3 is 19.5 Å². The van der Waals surface area contributed by atoms with Crippen molar-refractivity contribution in [2.45, 2.75) is 18.8 Å². The van der Waals surface area contributed by atoms with E-state index in [0.29, 0.717) is 13.1 Å². The highest BCUT2D eigenvalue weighted by molar-refractivity contribution is 5.85. The molecule has 2 atom stereocenters. The first-order valence-corrected chi connectivity index (χ1v) is 8.33. The van der Waals surface area contributed by atoms with Crippen LogP contribution >= 0.6 is 12.4 Å². The molecule has 0 bridgehead atoms. The molecule has 1 aliphatic rings. The molecule has 1 amide bonds. The molecule has 1 saturated heterocycles. The van der Waals surface area contributed by atoms with Crippen LogP contribution in [0.1, 0.15) is 5.56 Å². The Morgan fingerprint density at radius 2 is 1.89 bits per heavy atom. The van der Waals surface area contributed by atoms with Gasteiger partial charge in [-0.1, -0.05) is 36.4 Å². The molecule has 6 nitrogen and oxygen atoms in total. The first-order valence-electron chi connectivity index (χ1n) is 8.33. The van der Waals surface area contributed by atoms with Crippen molar-refractivity contribution < 1.29 is 23.4 Å². The quantitative estimate of drug-likeness (QED) is 0.783. The van der Waals surface area contributed by atoms with Gasteiger partial charge in [0.1, 0.15) is 18.8 Å². The second-order valence-corrected chi connectivity index (χ2v) is 5.89. The average molecular weight is 397 g/mol. The molecule has 0 unspecified atom stereocenters. The van der Waals surface area contributed by atoms with Crippen molar-refractivity contribution in [3.8, 4) is 5.75 Å². The number of hydrogen-bond acceptors (Lipinski definition) is 5. The molecule has 3 rings (SSSR count). The van der Waals surface area contributed by atoms with Gasteiger partial charge in [-0.2, -0.15) is 0 Å². The van der Waals surface area contributed by atoms with Gasteiger partial charge in [0.15, 0.2) is 11.6 Å². The van der Waals surface area contributed by atoms with Gasteiger partial charge in [-0.3, -0.25) is 5.32 Å². The number of ether oxygens (including phenoxy) is 3. The van der Waals surface area contributed by atoms with E-state index < -0.39 is 11.9 Å². The Labute approximate surface area is 163 Å². The zero-order chi connectivity index (χ0) is 18.4. The predicted molar refractivity (Wildman–Crippen MR) is 102 cm³/mol. The van der Waals surface area contributed by atoms with E-state index in [9.17, 15) is 9.18 Å². The van der Waals surface area contributed by atoms with Gasteiger partial charge in [-0.25, -0.2) is 9.18 Å². The van der Waals surface area contributed by atoms with Gasteiger partial charge in [0.05, 0.1) is 5.69 Å². The molecule has 0 aromatic heterocycles. The normalized spacial score (nSPS) is 18.4. The number of rotatable bonds is 6. The third-order valence-corrected chi connectivity index (χ3v) is 4.10. The molecule has 1 aliphatic heterocycles. The number of anilines is 1. The number of carbonyl (C=O) groups is 1. The third-order valence-electron chi connectivity index (χ3n) is 4.10. The third kappa shape index (κ3) is 5.56. The summed E-state index contributed by atoms with van der Waals surface area (Å²) in [5.74, 6) is -0.590. The van der Waals surface area contributed by atoms with Gasteiger partial charge in [-0.15, -0.1) is 12.4 Å². The summed E-state index contributed by atoms with van der Waals surface area (Å²) in [5.41, 5.74) is 0.847. The van der Waals surface area contributed by atoms with E-state index in [1.807, 2.05) is 30.3 Å². The Morgan fingerprint density at radius 1 is 1.15 bits per heavy atom. The number of hydrogen-bond donors (Lipinski definition) is 2.